The van der Waals surface area contributed by atoms with E-state index in [1.54, 1.807) is 31.2 Å². The summed E-state index contributed by atoms with van der Waals surface area (Å²) in [5, 5.41) is 8.61. The first kappa shape index (κ1) is 9.27. The van der Waals surface area contributed by atoms with Gasteiger partial charge in [0.05, 0.1) is 11.6 Å². The Bertz CT molecular complexity index is 341. The molecule has 0 aliphatic heterocycles. The number of hydrogen-bond donors (Lipinski definition) is 0. The number of rotatable bonds is 3. The topological polar surface area (TPSA) is 50.1 Å². The normalized spacial score (nSPS) is 11.4. The van der Waals surface area contributed by atoms with Crippen molar-refractivity contribution in [1.29, 1.82) is 5.26 Å². The summed E-state index contributed by atoms with van der Waals surface area (Å²) in [7, 11) is 0. The van der Waals surface area contributed by atoms with Crippen LogP contribution in [0.5, 0.6) is 0 Å². The van der Waals surface area contributed by atoms with Crippen LogP contribution in [-0.4, -0.2) is 6.47 Å². The van der Waals surface area contributed by atoms with Crippen molar-refractivity contribution in [2.45, 2.75) is 13.0 Å². The fourth-order valence-electron chi connectivity index (χ4n) is 1.00. The molecule has 13 heavy (non-hydrogen) atoms. The molecule has 0 amide bonds. The smallest absolute Gasteiger partial charge is 0.418 e. The van der Waals surface area contributed by atoms with E-state index in [-0.39, 0.29) is 6.10 Å². The largest absolute Gasteiger partial charge is 0.449 e. The Labute approximate surface area is 76.6 Å². The van der Waals surface area contributed by atoms with Crippen LogP contribution >= 0.6 is 0 Å². The van der Waals surface area contributed by atoms with Gasteiger partial charge in [-0.2, -0.15) is 5.26 Å². The predicted octanol–water partition coefficient (Wildman–Crippen LogP) is 1.70. The van der Waals surface area contributed by atoms with Gasteiger partial charge in [0.25, 0.3) is 0 Å². The molecule has 0 fully saturated rings. The molecule has 0 bridgehead atoms. The first-order chi connectivity index (χ1) is 6.27. The van der Waals surface area contributed by atoms with Crippen LogP contribution in [0, 0.1) is 11.3 Å². The molecule has 1 aromatic rings. The molecule has 0 saturated carbocycles. The number of carbonyl (C=O) groups excluding carboxylic acids is 1. The molecule has 0 saturated heterocycles. The van der Waals surface area contributed by atoms with Gasteiger partial charge in [0, 0.05) is 0 Å². The maximum atomic E-state index is 9.93. The lowest BCUT2D eigenvalue weighted by Crippen LogP contribution is -1.97. The van der Waals surface area contributed by atoms with Crippen molar-refractivity contribution in [3.8, 4) is 6.07 Å². The van der Waals surface area contributed by atoms with E-state index >= 15 is 0 Å². The van der Waals surface area contributed by atoms with E-state index in [2.05, 4.69) is 4.74 Å². The number of benzene rings is 1. The molecule has 1 radical (unpaired) electrons. The maximum absolute atomic E-state index is 9.93. The predicted molar refractivity (Wildman–Crippen MR) is 46.4 cm³/mol. The van der Waals surface area contributed by atoms with E-state index in [0.717, 1.165) is 5.56 Å². The second-order valence-corrected chi connectivity index (χ2v) is 2.58. The quantitative estimate of drug-likeness (QED) is 0.700. The average Bonchev–Trinajstić information content (AvgIpc) is 2.18. The molecule has 1 atom stereocenters. The van der Waals surface area contributed by atoms with Gasteiger partial charge in [0.15, 0.2) is 0 Å². The Morgan fingerprint density at radius 2 is 2.31 bits per heavy atom. The fraction of sp³-hybridized carbons (Fsp3) is 0.200. The van der Waals surface area contributed by atoms with Crippen molar-refractivity contribution in [3.63, 3.8) is 0 Å². The Morgan fingerprint density at radius 1 is 1.54 bits per heavy atom. The molecule has 0 aliphatic carbocycles. The summed E-state index contributed by atoms with van der Waals surface area (Å²) in [6.45, 7) is 3.09. The van der Waals surface area contributed by atoms with Crippen molar-refractivity contribution in [2.75, 3.05) is 0 Å². The summed E-state index contributed by atoms with van der Waals surface area (Å²) in [6, 6.07) is 8.93. The third-order valence-corrected chi connectivity index (χ3v) is 1.71. The van der Waals surface area contributed by atoms with E-state index in [0.29, 0.717) is 5.56 Å². The second-order valence-electron chi connectivity index (χ2n) is 2.58. The molecule has 65 valence electrons. The van der Waals surface area contributed by atoms with Crippen LogP contribution in [0.2, 0.25) is 0 Å². The molecule has 0 aromatic heterocycles. The van der Waals surface area contributed by atoms with Crippen LogP contribution in [0.3, 0.4) is 0 Å². The third kappa shape index (κ3) is 2.31. The summed E-state index contributed by atoms with van der Waals surface area (Å²) < 4.78 is 4.61. The van der Waals surface area contributed by atoms with E-state index in [1.165, 1.54) is 6.47 Å². The van der Waals surface area contributed by atoms with Crippen LogP contribution in [0.15, 0.2) is 24.3 Å². The highest BCUT2D eigenvalue weighted by Gasteiger charge is 2.05. The highest BCUT2D eigenvalue weighted by molar-refractivity contribution is 5.40. The summed E-state index contributed by atoms with van der Waals surface area (Å²) >= 11 is 0. The summed E-state index contributed by atoms with van der Waals surface area (Å²) in [6.07, 6.45) is -0.356. The molecule has 0 aliphatic rings. The highest BCUT2D eigenvalue weighted by atomic mass is 16.5. The van der Waals surface area contributed by atoms with Gasteiger partial charge in [0.2, 0.25) is 0 Å². The number of ether oxygens (including phenoxy) is 1. The molecule has 0 N–H and O–H groups in total. The standard InChI is InChI=1S/C10H8NO2/c1-8(13-7-12)10-4-2-3-9(5-10)6-11/h2-5,8H,1H3. The number of nitriles is 1. The van der Waals surface area contributed by atoms with Crippen LogP contribution in [0.25, 0.3) is 0 Å². The lowest BCUT2D eigenvalue weighted by molar-refractivity contribution is 0.198. The molecular formula is C10H8NO2. The van der Waals surface area contributed by atoms with Gasteiger partial charge < -0.3 is 4.74 Å². The van der Waals surface area contributed by atoms with Gasteiger partial charge in [-0.3, -0.25) is 0 Å². The first-order valence-corrected chi connectivity index (χ1v) is 3.80. The van der Waals surface area contributed by atoms with Crippen molar-refractivity contribution < 1.29 is 9.53 Å². The van der Waals surface area contributed by atoms with E-state index in [4.69, 9.17) is 5.26 Å². The second kappa shape index (κ2) is 4.27. The Morgan fingerprint density at radius 3 is 2.92 bits per heavy atom. The van der Waals surface area contributed by atoms with Crippen LogP contribution in [-0.2, 0) is 9.53 Å². The highest BCUT2D eigenvalue weighted by Crippen LogP contribution is 2.16. The zero-order valence-electron chi connectivity index (χ0n) is 7.15. The van der Waals surface area contributed by atoms with Gasteiger partial charge in [-0.05, 0) is 24.6 Å². The maximum Gasteiger partial charge on any atom is 0.418 e. The Kier molecular flexibility index (Phi) is 3.04. The molecule has 0 heterocycles. The molecular weight excluding hydrogens is 166 g/mol. The van der Waals surface area contributed by atoms with Crippen LogP contribution < -0.4 is 0 Å². The first-order valence-electron chi connectivity index (χ1n) is 3.80. The lowest BCUT2D eigenvalue weighted by atomic mass is 10.1. The van der Waals surface area contributed by atoms with Gasteiger partial charge in [-0.1, -0.05) is 12.1 Å². The Balaban J connectivity index is 2.89. The van der Waals surface area contributed by atoms with Gasteiger partial charge >= 0.3 is 6.47 Å². The minimum atomic E-state index is -0.356. The van der Waals surface area contributed by atoms with E-state index < -0.39 is 0 Å². The van der Waals surface area contributed by atoms with E-state index in [9.17, 15) is 4.79 Å². The van der Waals surface area contributed by atoms with Gasteiger partial charge in [0.1, 0.15) is 6.10 Å². The van der Waals surface area contributed by atoms with Gasteiger partial charge in [-0.25, -0.2) is 4.79 Å². The molecule has 3 heteroatoms. The minimum Gasteiger partial charge on any atom is -0.449 e. The average molecular weight is 174 g/mol. The summed E-state index contributed by atoms with van der Waals surface area (Å²) in [5.41, 5.74) is 1.35. The minimum absolute atomic E-state index is 0.356. The lowest BCUT2D eigenvalue weighted by Gasteiger charge is -2.08. The van der Waals surface area contributed by atoms with Crippen molar-refractivity contribution in [2.24, 2.45) is 0 Å². The molecule has 0 spiro atoms. The molecule has 3 nitrogen and oxygen atoms in total. The fourth-order valence-corrected chi connectivity index (χ4v) is 1.00. The third-order valence-electron chi connectivity index (χ3n) is 1.71. The summed E-state index contributed by atoms with van der Waals surface area (Å²) in [4.78, 5) is 9.93. The van der Waals surface area contributed by atoms with Crippen LogP contribution in [0.4, 0.5) is 0 Å². The molecule has 1 rings (SSSR count). The SMILES string of the molecule is CC(O[C]=O)c1cccc(C#N)c1. The summed E-state index contributed by atoms with van der Waals surface area (Å²) in [5.74, 6) is 0. The van der Waals surface area contributed by atoms with Crippen molar-refractivity contribution >= 4 is 6.47 Å². The van der Waals surface area contributed by atoms with E-state index in [1.807, 2.05) is 6.07 Å². The number of nitrogens with zero attached hydrogens (tertiary/aromatic N) is 1. The van der Waals surface area contributed by atoms with Gasteiger partial charge in [-0.15, -0.1) is 0 Å². The zero-order chi connectivity index (χ0) is 9.68. The van der Waals surface area contributed by atoms with Crippen LogP contribution in [0.1, 0.15) is 24.2 Å². The Hall–Kier alpha value is -1.82. The zero-order valence-corrected chi connectivity index (χ0v) is 7.15. The molecule has 1 unspecified atom stereocenters. The monoisotopic (exact) mass is 174 g/mol. The number of hydrogen-bond acceptors (Lipinski definition) is 3. The van der Waals surface area contributed by atoms with Crippen molar-refractivity contribution in [1.82, 2.24) is 0 Å². The molecule has 1 aromatic carbocycles. The van der Waals surface area contributed by atoms with Crippen molar-refractivity contribution in [3.05, 3.63) is 35.4 Å².